The molecule has 0 aliphatic heterocycles. The van der Waals surface area contributed by atoms with E-state index >= 15 is 0 Å². The monoisotopic (exact) mass is 334 g/mol. The van der Waals surface area contributed by atoms with Gasteiger partial charge >= 0.3 is 0 Å². The van der Waals surface area contributed by atoms with Crippen LogP contribution in [0.5, 0.6) is 5.75 Å². The molecule has 2 rings (SSSR count). The summed E-state index contributed by atoms with van der Waals surface area (Å²) in [5.74, 6) is 1.45. The normalized spacial score (nSPS) is 10.3. The molecule has 0 unspecified atom stereocenters. The maximum absolute atomic E-state index is 12.0. The Kier molecular flexibility index (Phi) is 6.16. The Morgan fingerprint density at radius 3 is 2.65 bits per heavy atom. The number of Topliss-reactive ketones (excluding diaryl/α,β-unsaturated/α-hetero) is 1. The number of hydrogen-bond acceptors (Lipinski definition) is 6. The van der Waals surface area contributed by atoms with Gasteiger partial charge in [0.25, 0.3) is 0 Å². The lowest BCUT2D eigenvalue weighted by Gasteiger charge is -2.03. The van der Waals surface area contributed by atoms with Gasteiger partial charge in [0.05, 0.1) is 7.11 Å². The average Bonchev–Trinajstić information content (AvgIpc) is 3.00. The van der Waals surface area contributed by atoms with Gasteiger partial charge < -0.3 is 4.74 Å². The van der Waals surface area contributed by atoms with Crippen molar-refractivity contribution in [1.29, 1.82) is 0 Å². The SMILES string of the molecule is CCSc1n[nH]c(NC(=O)CCC(=O)c2ccc(OC)cc2)n1. The average molecular weight is 334 g/mol. The highest BCUT2D eigenvalue weighted by Crippen LogP contribution is 2.15. The number of aromatic nitrogens is 3. The third-order valence-corrected chi connectivity index (χ3v) is 3.72. The van der Waals surface area contributed by atoms with Gasteiger partial charge in [0.15, 0.2) is 5.78 Å². The summed E-state index contributed by atoms with van der Waals surface area (Å²) < 4.78 is 5.04. The van der Waals surface area contributed by atoms with Crippen LogP contribution in [0.4, 0.5) is 5.95 Å². The fraction of sp³-hybridized carbons (Fsp3) is 0.333. The van der Waals surface area contributed by atoms with Crippen molar-refractivity contribution in [1.82, 2.24) is 15.2 Å². The zero-order chi connectivity index (χ0) is 16.7. The van der Waals surface area contributed by atoms with E-state index in [9.17, 15) is 9.59 Å². The quantitative estimate of drug-likeness (QED) is 0.569. The number of methoxy groups -OCH3 is 1. The van der Waals surface area contributed by atoms with E-state index in [1.54, 1.807) is 31.4 Å². The number of thioether (sulfide) groups is 1. The first-order chi connectivity index (χ1) is 11.1. The van der Waals surface area contributed by atoms with E-state index < -0.39 is 0 Å². The molecule has 0 saturated carbocycles. The van der Waals surface area contributed by atoms with Crippen LogP contribution in [0.15, 0.2) is 29.4 Å². The summed E-state index contributed by atoms with van der Waals surface area (Å²) in [6.07, 6.45) is 0.213. The Morgan fingerprint density at radius 1 is 1.26 bits per heavy atom. The molecule has 1 aromatic heterocycles. The highest BCUT2D eigenvalue weighted by atomic mass is 32.2. The number of aromatic amines is 1. The van der Waals surface area contributed by atoms with Gasteiger partial charge in [-0.25, -0.2) is 5.10 Å². The van der Waals surface area contributed by atoms with Crippen molar-refractivity contribution in [2.24, 2.45) is 0 Å². The summed E-state index contributed by atoms with van der Waals surface area (Å²) in [4.78, 5) is 28.0. The fourth-order valence-corrected chi connectivity index (χ4v) is 2.36. The van der Waals surface area contributed by atoms with Crippen molar-refractivity contribution in [3.63, 3.8) is 0 Å². The third kappa shape index (κ3) is 5.10. The number of amides is 1. The fourth-order valence-electron chi connectivity index (χ4n) is 1.84. The number of carbonyl (C=O) groups excluding carboxylic acids is 2. The number of benzene rings is 1. The van der Waals surface area contributed by atoms with Gasteiger partial charge in [-0.15, -0.1) is 5.10 Å². The van der Waals surface area contributed by atoms with Gasteiger partial charge in [0.2, 0.25) is 17.0 Å². The molecule has 1 aromatic carbocycles. The minimum atomic E-state index is -0.281. The van der Waals surface area contributed by atoms with Crippen molar-refractivity contribution in [3.8, 4) is 5.75 Å². The molecule has 0 saturated heterocycles. The molecule has 0 radical (unpaired) electrons. The maximum Gasteiger partial charge on any atom is 0.227 e. The molecule has 122 valence electrons. The van der Waals surface area contributed by atoms with E-state index in [1.165, 1.54) is 11.8 Å². The standard InChI is InChI=1S/C15H18N4O3S/c1-3-23-15-17-14(18-19-15)16-13(21)9-8-12(20)10-4-6-11(22-2)7-5-10/h4-7H,3,8-9H2,1-2H3,(H2,16,17,18,19,21). The van der Waals surface area contributed by atoms with Crippen LogP contribution in [0.3, 0.4) is 0 Å². The largest absolute Gasteiger partial charge is 0.497 e. The van der Waals surface area contributed by atoms with Crippen LogP contribution < -0.4 is 10.1 Å². The molecule has 23 heavy (non-hydrogen) atoms. The number of rotatable bonds is 8. The van der Waals surface area contributed by atoms with Crippen LogP contribution >= 0.6 is 11.8 Å². The highest BCUT2D eigenvalue weighted by molar-refractivity contribution is 7.99. The summed E-state index contributed by atoms with van der Waals surface area (Å²) in [6.45, 7) is 1.99. The number of ketones is 1. The molecule has 1 amide bonds. The Labute approximate surface area is 138 Å². The van der Waals surface area contributed by atoms with Gasteiger partial charge in [-0.05, 0) is 30.0 Å². The maximum atomic E-state index is 12.0. The molecule has 0 aliphatic carbocycles. The van der Waals surface area contributed by atoms with Crippen molar-refractivity contribution in [3.05, 3.63) is 29.8 Å². The second-order valence-electron chi connectivity index (χ2n) is 4.60. The third-order valence-electron chi connectivity index (χ3n) is 2.99. The number of nitrogens with zero attached hydrogens (tertiary/aromatic N) is 2. The predicted molar refractivity (Wildman–Crippen MR) is 88.0 cm³/mol. The van der Waals surface area contributed by atoms with E-state index in [4.69, 9.17) is 4.74 Å². The Morgan fingerprint density at radius 2 is 2.00 bits per heavy atom. The summed E-state index contributed by atoms with van der Waals surface area (Å²) in [6, 6.07) is 6.80. The second kappa shape index (κ2) is 8.33. The van der Waals surface area contributed by atoms with Gasteiger partial charge in [-0.3, -0.25) is 14.9 Å². The Balaban J connectivity index is 1.81. The van der Waals surface area contributed by atoms with Crippen molar-refractivity contribution in [2.75, 3.05) is 18.2 Å². The first kappa shape index (κ1) is 17.0. The topological polar surface area (TPSA) is 97.0 Å². The molecule has 8 heteroatoms. The summed E-state index contributed by atoms with van der Waals surface area (Å²) in [5.41, 5.74) is 0.555. The molecule has 2 N–H and O–H groups in total. The smallest absolute Gasteiger partial charge is 0.227 e. The number of hydrogen-bond donors (Lipinski definition) is 2. The van der Waals surface area contributed by atoms with E-state index in [0.717, 1.165) is 5.75 Å². The first-order valence-electron chi connectivity index (χ1n) is 7.14. The van der Waals surface area contributed by atoms with Crippen LogP contribution in [-0.4, -0.2) is 39.7 Å². The lowest BCUT2D eigenvalue weighted by Crippen LogP contribution is -2.14. The molecule has 0 spiro atoms. The summed E-state index contributed by atoms with van der Waals surface area (Å²) in [5, 5.41) is 9.77. The molecular weight excluding hydrogens is 316 g/mol. The first-order valence-corrected chi connectivity index (χ1v) is 8.13. The van der Waals surface area contributed by atoms with Crippen molar-refractivity contribution >= 4 is 29.4 Å². The molecule has 7 nitrogen and oxygen atoms in total. The highest BCUT2D eigenvalue weighted by Gasteiger charge is 2.11. The number of nitrogens with one attached hydrogen (secondary N) is 2. The molecule has 1 heterocycles. The van der Waals surface area contributed by atoms with E-state index in [-0.39, 0.29) is 24.5 Å². The summed E-state index contributed by atoms with van der Waals surface area (Å²) >= 11 is 1.47. The van der Waals surface area contributed by atoms with E-state index in [1.807, 2.05) is 6.92 Å². The molecule has 0 atom stereocenters. The van der Waals surface area contributed by atoms with E-state index in [0.29, 0.717) is 22.4 Å². The molecule has 0 aliphatic rings. The molecule has 2 aromatic rings. The zero-order valence-electron chi connectivity index (χ0n) is 13.0. The number of ether oxygens (including phenoxy) is 1. The van der Waals surface area contributed by atoms with Crippen LogP contribution in [0.2, 0.25) is 0 Å². The van der Waals surface area contributed by atoms with Gasteiger partial charge in [-0.1, -0.05) is 18.7 Å². The van der Waals surface area contributed by atoms with Gasteiger partial charge in [0, 0.05) is 18.4 Å². The van der Waals surface area contributed by atoms with Crippen molar-refractivity contribution in [2.45, 2.75) is 24.9 Å². The zero-order valence-corrected chi connectivity index (χ0v) is 13.8. The molecular formula is C15H18N4O3S. The van der Waals surface area contributed by atoms with Gasteiger partial charge in [0.1, 0.15) is 5.75 Å². The van der Waals surface area contributed by atoms with Crippen LogP contribution in [0.1, 0.15) is 30.1 Å². The van der Waals surface area contributed by atoms with Crippen molar-refractivity contribution < 1.29 is 14.3 Å². The lowest BCUT2D eigenvalue weighted by atomic mass is 10.1. The van der Waals surface area contributed by atoms with Crippen LogP contribution in [0, 0.1) is 0 Å². The van der Waals surface area contributed by atoms with Gasteiger partial charge in [-0.2, -0.15) is 4.98 Å². The minimum absolute atomic E-state index is 0.0851. The minimum Gasteiger partial charge on any atom is -0.497 e. The Hall–Kier alpha value is -2.35. The molecule has 0 bridgehead atoms. The van der Waals surface area contributed by atoms with Crippen LogP contribution in [0.25, 0.3) is 0 Å². The van der Waals surface area contributed by atoms with Crippen LogP contribution in [-0.2, 0) is 4.79 Å². The Bertz CT molecular complexity index is 670. The lowest BCUT2D eigenvalue weighted by molar-refractivity contribution is -0.116. The number of carbonyl (C=O) groups is 2. The predicted octanol–water partition coefficient (Wildman–Crippen LogP) is 2.53. The molecule has 0 fully saturated rings. The van der Waals surface area contributed by atoms with E-state index in [2.05, 4.69) is 20.5 Å². The summed E-state index contributed by atoms with van der Waals surface area (Å²) in [7, 11) is 1.56. The number of H-pyrrole nitrogens is 1. The number of anilines is 1. The second-order valence-corrected chi connectivity index (χ2v) is 5.83.